The molecule has 122 valence electrons. The largest absolute Gasteiger partial charge is 0.502 e. The van der Waals surface area contributed by atoms with E-state index < -0.39 is 23.4 Å². The average Bonchev–Trinajstić information content (AvgIpc) is 2.80. The summed E-state index contributed by atoms with van der Waals surface area (Å²) in [5, 5.41) is 10.0. The molecule has 2 amide bonds. The molecule has 0 saturated heterocycles. The summed E-state index contributed by atoms with van der Waals surface area (Å²) in [7, 11) is 1.54. The lowest BCUT2D eigenvalue weighted by Gasteiger charge is -2.14. The van der Waals surface area contributed by atoms with Crippen molar-refractivity contribution in [2.45, 2.75) is 6.54 Å². The third-order valence-electron chi connectivity index (χ3n) is 3.78. The van der Waals surface area contributed by atoms with Crippen LogP contribution < -0.4 is 4.74 Å². The first-order valence-electron chi connectivity index (χ1n) is 7.19. The molecule has 24 heavy (non-hydrogen) atoms. The van der Waals surface area contributed by atoms with Crippen molar-refractivity contribution in [1.82, 2.24) is 4.90 Å². The van der Waals surface area contributed by atoms with Crippen molar-refractivity contribution in [2.24, 2.45) is 0 Å². The number of hydrogen-bond donors (Lipinski definition) is 1. The zero-order valence-electron chi connectivity index (χ0n) is 12.8. The Hall–Kier alpha value is -3.15. The molecule has 2 aromatic rings. The molecule has 1 N–H and O–H groups in total. The number of carbonyl (C=O) groups excluding carboxylic acids is 2. The van der Waals surface area contributed by atoms with Crippen LogP contribution >= 0.6 is 0 Å². The molecule has 0 aliphatic carbocycles. The van der Waals surface area contributed by atoms with Gasteiger partial charge in [0.1, 0.15) is 11.6 Å². The van der Waals surface area contributed by atoms with Gasteiger partial charge in [0.25, 0.3) is 11.8 Å². The summed E-state index contributed by atoms with van der Waals surface area (Å²) in [6.45, 7) is 0.0242. The number of hydrogen-bond acceptors (Lipinski definition) is 4. The quantitative estimate of drug-likeness (QED) is 0.877. The minimum atomic E-state index is -0.768. The van der Waals surface area contributed by atoms with E-state index in [9.17, 15) is 19.1 Å². The van der Waals surface area contributed by atoms with E-state index in [4.69, 9.17) is 4.74 Å². The minimum Gasteiger partial charge on any atom is -0.502 e. The van der Waals surface area contributed by atoms with Crippen molar-refractivity contribution < 1.29 is 23.8 Å². The normalized spacial score (nSPS) is 14.5. The molecule has 2 aromatic carbocycles. The zero-order chi connectivity index (χ0) is 17.3. The van der Waals surface area contributed by atoms with Crippen molar-refractivity contribution in [1.29, 1.82) is 0 Å². The summed E-state index contributed by atoms with van der Waals surface area (Å²) in [4.78, 5) is 25.7. The maximum atomic E-state index is 13.0. The van der Waals surface area contributed by atoms with Crippen LogP contribution in [0.2, 0.25) is 0 Å². The fourth-order valence-corrected chi connectivity index (χ4v) is 2.50. The lowest BCUT2D eigenvalue weighted by Crippen LogP contribution is -2.31. The highest BCUT2D eigenvalue weighted by molar-refractivity contribution is 6.34. The van der Waals surface area contributed by atoms with Crippen molar-refractivity contribution in [3.05, 3.63) is 71.2 Å². The van der Waals surface area contributed by atoms with Crippen LogP contribution in [-0.4, -0.2) is 28.9 Å². The van der Waals surface area contributed by atoms with Gasteiger partial charge in [0, 0.05) is 0 Å². The number of nitrogens with zero attached hydrogens (tertiary/aromatic N) is 1. The predicted octanol–water partition coefficient (Wildman–Crippen LogP) is 2.67. The summed E-state index contributed by atoms with van der Waals surface area (Å²) >= 11 is 0. The van der Waals surface area contributed by atoms with Crippen molar-refractivity contribution in [2.75, 3.05) is 7.11 Å². The number of ether oxygens (including phenoxy) is 1. The van der Waals surface area contributed by atoms with Gasteiger partial charge < -0.3 is 9.84 Å². The number of imide groups is 1. The summed E-state index contributed by atoms with van der Waals surface area (Å²) in [5.74, 6) is -1.81. The first-order valence-corrected chi connectivity index (χ1v) is 7.19. The van der Waals surface area contributed by atoms with E-state index in [0.717, 1.165) is 4.90 Å². The van der Waals surface area contributed by atoms with E-state index in [2.05, 4.69) is 0 Å². The standard InChI is InChI=1S/C18H14FNO4/c1-24-14-8-2-11(3-9-14)10-20-17(22)15(16(21)18(20)23)12-4-6-13(19)7-5-12/h2-9,21H,10H2,1H3. The molecule has 6 heteroatoms. The maximum Gasteiger partial charge on any atom is 0.296 e. The van der Waals surface area contributed by atoms with Crippen molar-refractivity contribution in [3.8, 4) is 5.75 Å². The third-order valence-corrected chi connectivity index (χ3v) is 3.78. The van der Waals surface area contributed by atoms with Gasteiger partial charge >= 0.3 is 0 Å². The fourth-order valence-electron chi connectivity index (χ4n) is 2.50. The van der Waals surface area contributed by atoms with Crippen molar-refractivity contribution in [3.63, 3.8) is 0 Å². The molecule has 1 aliphatic rings. The second kappa shape index (κ2) is 6.16. The van der Waals surface area contributed by atoms with Crippen LogP contribution in [0.5, 0.6) is 5.75 Å². The van der Waals surface area contributed by atoms with Crippen molar-refractivity contribution >= 4 is 17.4 Å². The molecule has 1 aliphatic heterocycles. The second-order valence-corrected chi connectivity index (χ2v) is 5.28. The Kier molecular flexibility index (Phi) is 4.04. The van der Waals surface area contributed by atoms with Gasteiger partial charge in [-0.2, -0.15) is 0 Å². The van der Waals surface area contributed by atoms with E-state index >= 15 is 0 Å². The molecule has 0 bridgehead atoms. The van der Waals surface area contributed by atoms with Crippen LogP contribution in [0.25, 0.3) is 5.57 Å². The molecule has 0 radical (unpaired) electrons. The molecule has 1 heterocycles. The van der Waals surface area contributed by atoms with E-state index in [1.54, 1.807) is 31.4 Å². The molecule has 0 atom stereocenters. The first kappa shape index (κ1) is 15.7. The van der Waals surface area contributed by atoms with E-state index in [1.165, 1.54) is 24.3 Å². The number of amides is 2. The Labute approximate surface area is 137 Å². The fraction of sp³-hybridized carbons (Fsp3) is 0.111. The van der Waals surface area contributed by atoms with E-state index in [0.29, 0.717) is 16.9 Å². The summed E-state index contributed by atoms with van der Waals surface area (Å²) in [6, 6.07) is 11.9. The lowest BCUT2D eigenvalue weighted by molar-refractivity contribution is -0.138. The number of aliphatic hydroxyl groups excluding tert-OH is 1. The van der Waals surface area contributed by atoms with Gasteiger partial charge in [0.05, 0.1) is 19.2 Å². The van der Waals surface area contributed by atoms with Crippen LogP contribution in [0.15, 0.2) is 54.3 Å². The molecule has 0 unspecified atom stereocenters. The second-order valence-electron chi connectivity index (χ2n) is 5.28. The topological polar surface area (TPSA) is 66.8 Å². The molecule has 0 aromatic heterocycles. The van der Waals surface area contributed by atoms with Crippen LogP contribution in [0, 0.1) is 5.82 Å². The molecule has 0 fully saturated rings. The number of halogens is 1. The van der Waals surface area contributed by atoms with Gasteiger partial charge in [0.15, 0.2) is 5.76 Å². The summed E-state index contributed by atoms with van der Waals surface area (Å²) in [5.41, 5.74) is 0.892. The molecule has 5 nitrogen and oxygen atoms in total. The first-order chi connectivity index (χ1) is 11.5. The van der Waals surface area contributed by atoms with Gasteiger partial charge in [0.2, 0.25) is 0 Å². The third kappa shape index (κ3) is 2.74. The van der Waals surface area contributed by atoms with Gasteiger partial charge in [-0.15, -0.1) is 0 Å². The SMILES string of the molecule is COc1ccc(CN2C(=O)C(O)=C(c3ccc(F)cc3)C2=O)cc1. The number of rotatable bonds is 4. The summed E-state index contributed by atoms with van der Waals surface area (Å²) < 4.78 is 18.1. The minimum absolute atomic E-state index is 0.0242. The predicted molar refractivity (Wildman–Crippen MR) is 84.5 cm³/mol. The van der Waals surface area contributed by atoms with Crippen LogP contribution in [0.4, 0.5) is 4.39 Å². The van der Waals surface area contributed by atoms with Gasteiger partial charge in [-0.3, -0.25) is 14.5 Å². The Balaban J connectivity index is 1.86. The van der Waals surface area contributed by atoms with E-state index in [1.807, 2.05) is 0 Å². The van der Waals surface area contributed by atoms with Crippen LogP contribution in [0.3, 0.4) is 0 Å². The van der Waals surface area contributed by atoms with Crippen LogP contribution in [0.1, 0.15) is 11.1 Å². The molecule has 0 spiro atoms. The molecular weight excluding hydrogens is 313 g/mol. The number of methoxy groups -OCH3 is 1. The smallest absolute Gasteiger partial charge is 0.296 e. The highest BCUT2D eigenvalue weighted by Gasteiger charge is 2.39. The number of carbonyl (C=O) groups is 2. The van der Waals surface area contributed by atoms with Gasteiger partial charge in [-0.1, -0.05) is 24.3 Å². The van der Waals surface area contributed by atoms with Gasteiger partial charge in [-0.25, -0.2) is 4.39 Å². The number of benzene rings is 2. The Bertz CT molecular complexity index is 825. The maximum absolute atomic E-state index is 13.0. The highest BCUT2D eigenvalue weighted by Crippen LogP contribution is 2.29. The Morgan fingerprint density at radius 1 is 1.00 bits per heavy atom. The van der Waals surface area contributed by atoms with Gasteiger partial charge in [-0.05, 0) is 35.4 Å². The number of aliphatic hydroxyl groups is 1. The Morgan fingerprint density at radius 2 is 1.62 bits per heavy atom. The molecular formula is C18H14FNO4. The Morgan fingerprint density at radius 3 is 2.21 bits per heavy atom. The molecule has 3 rings (SSSR count). The van der Waals surface area contributed by atoms with Crippen LogP contribution in [-0.2, 0) is 16.1 Å². The van der Waals surface area contributed by atoms with E-state index in [-0.39, 0.29) is 12.1 Å². The lowest BCUT2D eigenvalue weighted by atomic mass is 10.1. The molecule has 0 saturated carbocycles. The highest BCUT2D eigenvalue weighted by atomic mass is 19.1. The summed E-state index contributed by atoms with van der Waals surface area (Å²) in [6.07, 6.45) is 0. The average molecular weight is 327 g/mol. The monoisotopic (exact) mass is 327 g/mol. The zero-order valence-corrected chi connectivity index (χ0v) is 12.8.